The van der Waals surface area contributed by atoms with E-state index >= 15 is 0 Å². The predicted molar refractivity (Wildman–Crippen MR) is 91.2 cm³/mol. The largest absolute Gasteiger partial charge is 0.365 e. The summed E-state index contributed by atoms with van der Waals surface area (Å²) in [4.78, 5) is 11.6. The number of anilines is 1. The Morgan fingerprint density at radius 3 is 2.62 bits per heavy atom. The third-order valence-electron chi connectivity index (χ3n) is 4.27. The van der Waals surface area contributed by atoms with Gasteiger partial charge >= 0.3 is 0 Å². The van der Waals surface area contributed by atoms with Crippen LogP contribution in [0.4, 0.5) is 18.2 Å². The molecule has 0 radical (unpaired) electrons. The number of carbonyl (C=O) groups is 1. The van der Waals surface area contributed by atoms with Gasteiger partial charge < -0.3 is 5.73 Å². The Labute approximate surface area is 152 Å². The predicted octanol–water partition coefficient (Wildman–Crippen LogP) is 3.19. The zero-order chi connectivity index (χ0) is 19.2. The molecule has 0 bridgehead atoms. The van der Waals surface area contributed by atoms with Crippen molar-refractivity contribution < 1.29 is 26.4 Å². The van der Waals surface area contributed by atoms with E-state index in [0.29, 0.717) is 36.5 Å². The number of sulfonamides is 1. The quantitative estimate of drug-likeness (QED) is 0.767. The van der Waals surface area contributed by atoms with Crippen molar-refractivity contribution in [1.29, 1.82) is 0 Å². The molecule has 2 aromatic rings. The highest BCUT2D eigenvalue weighted by molar-refractivity contribution is 7.93. The second kappa shape index (κ2) is 6.58. The fourth-order valence-electron chi connectivity index (χ4n) is 2.98. The number of rotatable bonds is 4. The van der Waals surface area contributed by atoms with Crippen LogP contribution in [0.2, 0.25) is 0 Å². The lowest BCUT2D eigenvalue weighted by Crippen LogP contribution is -2.20. The van der Waals surface area contributed by atoms with Crippen LogP contribution >= 0.6 is 11.3 Å². The summed E-state index contributed by atoms with van der Waals surface area (Å²) in [5.41, 5.74) is 6.13. The van der Waals surface area contributed by atoms with Crippen LogP contribution in [0.1, 0.15) is 34.1 Å². The molecule has 26 heavy (non-hydrogen) atoms. The Bertz CT molecular complexity index is 1000. The number of hydrogen-bond donors (Lipinski definition) is 2. The van der Waals surface area contributed by atoms with E-state index in [-0.39, 0.29) is 10.6 Å². The van der Waals surface area contributed by atoms with Gasteiger partial charge in [-0.1, -0.05) is 6.92 Å². The van der Waals surface area contributed by atoms with Crippen molar-refractivity contribution in [3.63, 3.8) is 0 Å². The van der Waals surface area contributed by atoms with Gasteiger partial charge in [0.05, 0.1) is 5.56 Å². The first-order valence-electron chi connectivity index (χ1n) is 7.72. The summed E-state index contributed by atoms with van der Waals surface area (Å²) in [6.45, 7) is 2.03. The Hall–Kier alpha value is -2.07. The number of hydrogen-bond acceptors (Lipinski definition) is 4. The van der Waals surface area contributed by atoms with Crippen LogP contribution in [0.3, 0.4) is 0 Å². The van der Waals surface area contributed by atoms with Gasteiger partial charge in [-0.15, -0.1) is 11.3 Å². The molecule has 1 aliphatic rings. The van der Waals surface area contributed by atoms with E-state index in [2.05, 4.69) is 4.72 Å². The van der Waals surface area contributed by atoms with Gasteiger partial charge in [0, 0.05) is 4.88 Å². The maximum Gasteiger partial charge on any atom is 0.265 e. The lowest BCUT2D eigenvalue weighted by molar-refractivity contribution is 0.100. The zero-order valence-electron chi connectivity index (χ0n) is 13.6. The van der Waals surface area contributed by atoms with Crippen molar-refractivity contribution in [2.75, 3.05) is 4.72 Å². The Kier molecular flexibility index (Phi) is 4.74. The lowest BCUT2D eigenvalue weighted by Gasteiger charge is -2.18. The molecule has 140 valence electrons. The van der Waals surface area contributed by atoms with Crippen LogP contribution in [0.5, 0.6) is 0 Å². The molecule has 0 unspecified atom stereocenters. The first-order valence-corrected chi connectivity index (χ1v) is 10.0. The fraction of sp³-hybridized carbons (Fsp3) is 0.312. The summed E-state index contributed by atoms with van der Waals surface area (Å²) in [7, 11) is -4.58. The monoisotopic (exact) mass is 404 g/mol. The maximum atomic E-state index is 13.9. The van der Waals surface area contributed by atoms with Gasteiger partial charge in [-0.3, -0.25) is 9.52 Å². The van der Waals surface area contributed by atoms with Crippen LogP contribution in [0, 0.1) is 23.4 Å². The number of primary amides is 1. The topological polar surface area (TPSA) is 89.3 Å². The Balaban J connectivity index is 2.06. The summed E-state index contributed by atoms with van der Waals surface area (Å²) in [6, 6.07) is 1.14. The van der Waals surface area contributed by atoms with Crippen molar-refractivity contribution >= 4 is 32.3 Å². The summed E-state index contributed by atoms with van der Waals surface area (Å²) in [5.74, 6) is -5.65. The normalized spacial score (nSPS) is 17.0. The summed E-state index contributed by atoms with van der Waals surface area (Å²) in [5, 5.41) is -0.0410. The van der Waals surface area contributed by atoms with Crippen LogP contribution < -0.4 is 10.5 Å². The van der Waals surface area contributed by atoms with E-state index in [1.54, 1.807) is 0 Å². The zero-order valence-corrected chi connectivity index (χ0v) is 15.2. The number of nitrogens with two attached hydrogens (primary N) is 1. The number of thiophene rings is 1. The highest BCUT2D eigenvalue weighted by atomic mass is 32.2. The molecule has 1 aliphatic carbocycles. The van der Waals surface area contributed by atoms with E-state index < -0.39 is 38.3 Å². The molecule has 1 atom stereocenters. The molecule has 5 nitrogen and oxygen atoms in total. The van der Waals surface area contributed by atoms with Gasteiger partial charge in [-0.05, 0) is 42.9 Å². The molecular formula is C16H15F3N2O3S2. The summed E-state index contributed by atoms with van der Waals surface area (Å²) >= 11 is 1.05. The van der Waals surface area contributed by atoms with Gasteiger partial charge in [-0.25, -0.2) is 21.6 Å². The van der Waals surface area contributed by atoms with E-state index in [1.165, 1.54) is 0 Å². The third kappa shape index (κ3) is 3.18. The molecule has 0 aliphatic heterocycles. The third-order valence-corrected chi connectivity index (χ3v) is 6.94. The molecule has 0 fully saturated rings. The second-order valence-electron chi connectivity index (χ2n) is 6.20. The van der Waals surface area contributed by atoms with Crippen molar-refractivity contribution in [2.24, 2.45) is 11.7 Å². The SMILES string of the molecule is C[C@@H]1CCc2c(sc(NS(=O)(=O)c3ccc(F)c(F)c3F)c2C(N)=O)C1. The van der Waals surface area contributed by atoms with Crippen molar-refractivity contribution in [2.45, 2.75) is 31.1 Å². The second-order valence-corrected chi connectivity index (χ2v) is 8.96. The molecule has 10 heteroatoms. The minimum Gasteiger partial charge on any atom is -0.365 e. The first-order chi connectivity index (χ1) is 12.1. The standard InChI is InChI=1S/C16H15F3N2O3S2/c1-7-2-3-8-10(6-7)25-16(12(8)15(20)22)21-26(23,24)11-5-4-9(17)13(18)14(11)19/h4-5,7,21H,2-3,6H2,1H3,(H2,20,22)/t7-/m1/s1. The molecule has 1 amide bonds. The minimum atomic E-state index is -4.58. The number of carbonyl (C=O) groups excluding carboxylic acids is 1. The van der Waals surface area contributed by atoms with E-state index in [1.807, 2.05) is 6.92 Å². The van der Waals surface area contributed by atoms with Crippen LogP contribution in [0.25, 0.3) is 0 Å². The van der Waals surface area contributed by atoms with Crippen molar-refractivity contribution in [3.05, 3.63) is 45.6 Å². The molecule has 0 saturated carbocycles. The lowest BCUT2D eigenvalue weighted by atomic mass is 9.88. The van der Waals surface area contributed by atoms with Crippen LogP contribution in [0.15, 0.2) is 17.0 Å². The average Bonchev–Trinajstić information content (AvgIpc) is 2.88. The van der Waals surface area contributed by atoms with Gasteiger partial charge in [0.1, 0.15) is 9.90 Å². The molecule has 0 saturated heterocycles. The van der Waals surface area contributed by atoms with Crippen LogP contribution in [-0.4, -0.2) is 14.3 Å². The van der Waals surface area contributed by atoms with E-state index in [4.69, 9.17) is 5.73 Å². The van der Waals surface area contributed by atoms with E-state index in [9.17, 15) is 26.4 Å². The van der Waals surface area contributed by atoms with Gasteiger partial charge in [0.25, 0.3) is 15.9 Å². The molecule has 1 aromatic heterocycles. The summed E-state index contributed by atoms with van der Waals surface area (Å²) in [6.07, 6.45) is 2.07. The average molecular weight is 404 g/mol. The smallest absolute Gasteiger partial charge is 0.265 e. The van der Waals surface area contributed by atoms with Gasteiger partial charge in [0.2, 0.25) is 0 Å². The van der Waals surface area contributed by atoms with Crippen molar-refractivity contribution in [3.8, 4) is 0 Å². The molecule has 3 N–H and O–H groups in total. The number of nitrogens with one attached hydrogen (secondary N) is 1. The first kappa shape index (κ1) is 18.7. The summed E-state index contributed by atoms with van der Waals surface area (Å²) < 4.78 is 67.3. The highest BCUT2D eigenvalue weighted by Gasteiger charge is 2.30. The number of amides is 1. The molecule has 3 rings (SSSR count). The highest BCUT2D eigenvalue weighted by Crippen LogP contribution is 2.40. The molecule has 1 aromatic carbocycles. The molecule has 1 heterocycles. The number of benzene rings is 1. The minimum absolute atomic E-state index is 0.0410. The van der Waals surface area contributed by atoms with Crippen molar-refractivity contribution in [1.82, 2.24) is 0 Å². The number of fused-ring (bicyclic) bond motifs is 1. The number of halogens is 3. The fourth-order valence-corrected chi connectivity index (χ4v) is 5.77. The maximum absolute atomic E-state index is 13.9. The van der Waals surface area contributed by atoms with E-state index in [0.717, 1.165) is 22.6 Å². The Morgan fingerprint density at radius 1 is 1.27 bits per heavy atom. The van der Waals surface area contributed by atoms with Gasteiger partial charge in [-0.2, -0.15) is 0 Å². The van der Waals surface area contributed by atoms with Gasteiger partial charge in [0.15, 0.2) is 17.5 Å². The molecule has 0 spiro atoms. The molecular weight excluding hydrogens is 389 g/mol. The van der Waals surface area contributed by atoms with Crippen LogP contribution in [-0.2, 0) is 22.9 Å². The Morgan fingerprint density at radius 2 is 1.96 bits per heavy atom.